The number of hydrogen-bond donors (Lipinski definition) is 1. The zero-order valence-corrected chi connectivity index (χ0v) is 16.2. The summed E-state index contributed by atoms with van der Waals surface area (Å²) in [6, 6.07) is 11.0. The Hall–Kier alpha value is -2.08. The van der Waals surface area contributed by atoms with Crippen LogP contribution in [0.3, 0.4) is 0 Å². The molecule has 148 valence electrons. The molecule has 1 aromatic carbocycles. The van der Waals surface area contributed by atoms with Gasteiger partial charge in [-0.05, 0) is 50.6 Å². The second-order valence-corrected chi connectivity index (χ2v) is 7.93. The molecule has 2 saturated heterocycles. The lowest BCUT2D eigenvalue weighted by Crippen LogP contribution is -2.52. The van der Waals surface area contributed by atoms with Crippen LogP contribution in [0.5, 0.6) is 0 Å². The quantitative estimate of drug-likeness (QED) is 0.861. The minimum absolute atomic E-state index is 0.0630. The van der Waals surface area contributed by atoms with Crippen LogP contribution in [0, 0.1) is 5.92 Å². The van der Waals surface area contributed by atoms with Gasteiger partial charge in [0.05, 0.1) is 6.54 Å². The Morgan fingerprint density at radius 3 is 2.11 bits per heavy atom. The topological polar surface area (TPSA) is 64.1 Å². The first-order chi connectivity index (χ1) is 13.0. The molecule has 1 N–H and O–H groups in total. The summed E-state index contributed by atoms with van der Waals surface area (Å²) in [5.41, 5.74) is 1.38. The van der Waals surface area contributed by atoms with Gasteiger partial charge in [-0.25, -0.2) is 4.79 Å². The highest BCUT2D eigenvalue weighted by Crippen LogP contribution is 2.24. The number of urea groups is 1. The normalized spacial score (nSPS) is 19.5. The number of carbonyl (C=O) groups excluding carboxylic acids is 1. The highest BCUT2D eigenvalue weighted by Gasteiger charge is 2.30. The van der Waals surface area contributed by atoms with Crippen LogP contribution in [-0.4, -0.2) is 77.6 Å². The maximum atomic E-state index is 12.8. The molecule has 27 heavy (non-hydrogen) atoms. The number of amides is 2. The number of nitrogens with zero attached hydrogens (tertiary/aromatic N) is 3. The SMILES string of the molecule is CN(CC(=O)O)C1CCN(C(=O)N2CCC(Cc3ccccc3)CC2)CC1. The third-order valence-corrected chi connectivity index (χ3v) is 6.00. The third kappa shape index (κ3) is 5.45. The molecule has 2 heterocycles. The number of likely N-dealkylation sites (N-methyl/N-ethyl adjacent to an activating group) is 1. The average Bonchev–Trinajstić information content (AvgIpc) is 2.68. The standard InChI is InChI=1S/C21H31N3O3/c1-22(16-20(25)26)19-9-13-24(14-10-19)21(27)23-11-7-18(8-12-23)15-17-5-3-2-4-6-17/h2-6,18-19H,7-16H2,1H3,(H,25,26). The molecule has 0 aromatic heterocycles. The van der Waals surface area contributed by atoms with Crippen molar-refractivity contribution >= 4 is 12.0 Å². The molecule has 3 rings (SSSR count). The van der Waals surface area contributed by atoms with Crippen LogP contribution >= 0.6 is 0 Å². The van der Waals surface area contributed by atoms with Gasteiger partial charge in [0.25, 0.3) is 0 Å². The fourth-order valence-electron chi connectivity index (χ4n) is 4.32. The number of carboxylic acid groups (broad SMARTS) is 1. The van der Waals surface area contributed by atoms with Crippen molar-refractivity contribution < 1.29 is 14.7 Å². The minimum atomic E-state index is -0.797. The van der Waals surface area contributed by atoms with Crippen LogP contribution in [-0.2, 0) is 11.2 Å². The first-order valence-electron chi connectivity index (χ1n) is 10.0. The Morgan fingerprint density at radius 1 is 1.00 bits per heavy atom. The number of rotatable bonds is 5. The van der Waals surface area contributed by atoms with E-state index >= 15 is 0 Å². The number of hydrogen-bond acceptors (Lipinski definition) is 3. The number of likely N-dealkylation sites (tertiary alicyclic amines) is 2. The lowest BCUT2D eigenvalue weighted by molar-refractivity contribution is -0.138. The maximum absolute atomic E-state index is 12.8. The molecule has 0 radical (unpaired) electrons. The maximum Gasteiger partial charge on any atom is 0.319 e. The second-order valence-electron chi connectivity index (χ2n) is 7.93. The molecule has 6 heteroatoms. The summed E-state index contributed by atoms with van der Waals surface area (Å²) < 4.78 is 0. The Bertz CT molecular complexity index is 621. The van der Waals surface area contributed by atoms with E-state index in [4.69, 9.17) is 5.11 Å². The van der Waals surface area contributed by atoms with E-state index in [1.807, 2.05) is 27.8 Å². The van der Waals surface area contributed by atoms with Crippen molar-refractivity contribution in [1.82, 2.24) is 14.7 Å². The van der Waals surface area contributed by atoms with Gasteiger partial charge in [0.1, 0.15) is 0 Å². The number of aliphatic carboxylic acids is 1. The molecule has 0 atom stereocenters. The molecule has 0 unspecified atom stereocenters. The van der Waals surface area contributed by atoms with Crippen molar-refractivity contribution in [3.8, 4) is 0 Å². The third-order valence-electron chi connectivity index (χ3n) is 6.00. The Morgan fingerprint density at radius 2 is 1.56 bits per heavy atom. The van der Waals surface area contributed by atoms with Crippen molar-refractivity contribution in [2.24, 2.45) is 5.92 Å². The molecule has 2 fully saturated rings. The fourth-order valence-corrected chi connectivity index (χ4v) is 4.32. The lowest BCUT2D eigenvalue weighted by atomic mass is 9.90. The van der Waals surface area contributed by atoms with E-state index in [1.165, 1.54) is 5.56 Å². The smallest absolute Gasteiger partial charge is 0.319 e. The van der Waals surface area contributed by atoms with Gasteiger partial charge in [-0.15, -0.1) is 0 Å². The van der Waals surface area contributed by atoms with E-state index in [2.05, 4.69) is 24.3 Å². The van der Waals surface area contributed by atoms with E-state index in [0.29, 0.717) is 5.92 Å². The zero-order chi connectivity index (χ0) is 19.2. The predicted octanol–water partition coefficient (Wildman–Crippen LogP) is 2.54. The molecule has 1 aromatic rings. The Balaban J connectivity index is 1.41. The first kappa shape index (κ1) is 19.7. The summed E-state index contributed by atoms with van der Waals surface area (Å²) in [7, 11) is 1.85. The summed E-state index contributed by atoms with van der Waals surface area (Å²) in [4.78, 5) is 29.5. The van der Waals surface area contributed by atoms with Crippen LogP contribution in [0.15, 0.2) is 30.3 Å². The van der Waals surface area contributed by atoms with Gasteiger partial charge in [0, 0.05) is 32.2 Å². The van der Waals surface area contributed by atoms with Crippen molar-refractivity contribution in [2.45, 2.75) is 38.1 Å². The van der Waals surface area contributed by atoms with Crippen molar-refractivity contribution in [1.29, 1.82) is 0 Å². The lowest BCUT2D eigenvalue weighted by Gasteiger charge is -2.40. The van der Waals surface area contributed by atoms with E-state index < -0.39 is 5.97 Å². The van der Waals surface area contributed by atoms with Gasteiger partial charge in [-0.1, -0.05) is 30.3 Å². The van der Waals surface area contributed by atoms with Crippen molar-refractivity contribution in [3.05, 3.63) is 35.9 Å². The van der Waals surface area contributed by atoms with Crippen molar-refractivity contribution in [2.75, 3.05) is 39.8 Å². The van der Waals surface area contributed by atoms with Gasteiger partial charge >= 0.3 is 12.0 Å². The largest absolute Gasteiger partial charge is 0.480 e. The van der Waals surface area contributed by atoms with Crippen LogP contribution in [0.1, 0.15) is 31.2 Å². The summed E-state index contributed by atoms with van der Waals surface area (Å²) in [5, 5.41) is 8.93. The molecule has 0 spiro atoms. The molecule has 0 bridgehead atoms. The van der Waals surface area contributed by atoms with Crippen molar-refractivity contribution in [3.63, 3.8) is 0 Å². The fraction of sp³-hybridized carbons (Fsp3) is 0.619. The Kier molecular flexibility index (Phi) is 6.72. The highest BCUT2D eigenvalue weighted by atomic mass is 16.4. The van der Waals surface area contributed by atoms with Crippen LogP contribution in [0.2, 0.25) is 0 Å². The number of piperidine rings is 2. The summed E-state index contributed by atoms with van der Waals surface area (Å²) in [5.74, 6) is -0.138. The Labute approximate surface area is 161 Å². The number of carboxylic acids is 1. The van der Waals surface area contributed by atoms with Gasteiger partial charge in [-0.2, -0.15) is 0 Å². The van der Waals surface area contributed by atoms with E-state index in [1.54, 1.807) is 0 Å². The van der Waals surface area contributed by atoms with Gasteiger partial charge in [-0.3, -0.25) is 9.69 Å². The van der Waals surface area contributed by atoms with E-state index in [-0.39, 0.29) is 18.6 Å². The number of benzene rings is 1. The first-order valence-corrected chi connectivity index (χ1v) is 10.0. The molecule has 2 aliphatic rings. The zero-order valence-electron chi connectivity index (χ0n) is 16.2. The van der Waals surface area contributed by atoms with Gasteiger partial charge in [0.15, 0.2) is 0 Å². The predicted molar refractivity (Wildman–Crippen MR) is 105 cm³/mol. The van der Waals surface area contributed by atoms with Crippen LogP contribution < -0.4 is 0 Å². The molecular weight excluding hydrogens is 342 g/mol. The molecule has 0 aliphatic carbocycles. The average molecular weight is 373 g/mol. The van der Waals surface area contributed by atoms with Gasteiger partial charge < -0.3 is 14.9 Å². The molecule has 6 nitrogen and oxygen atoms in total. The van der Waals surface area contributed by atoms with Crippen LogP contribution in [0.25, 0.3) is 0 Å². The summed E-state index contributed by atoms with van der Waals surface area (Å²) in [6.07, 6.45) is 4.93. The molecule has 2 aliphatic heterocycles. The summed E-state index contributed by atoms with van der Waals surface area (Å²) in [6.45, 7) is 3.19. The van der Waals surface area contributed by atoms with E-state index in [9.17, 15) is 9.59 Å². The van der Waals surface area contributed by atoms with Crippen LogP contribution in [0.4, 0.5) is 4.79 Å². The summed E-state index contributed by atoms with van der Waals surface area (Å²) >= 11 is 0. The monoisotopic (exact) mass is 373 g/mol. The molecule has 0 saturated carbocycles. The molecular formula is C21H31N3O3. The second kappa shape index (κ2) is 9.22. The van der Waals surface area contributed by atoms with Gasteiger partial charge in [0.2, 0.25) is 0 Å². The number of carbonyl (C=O) groups is 2. The van der Waals surface area contributed by atoms with E-state index in [0.717, 1.165) is 58.3 Å². The molecule has 2 amide bonds. The minimum Gasteiger partial charge on any atom is -0.480 e. The highest BCUT2D eigenvalue weighted by molar-refractivity contribution is 5.74.